The highest BCUT2D eigenvalue weighted by Gasteiger charge is 2.22. The first-order valence-corrected chi connectivity index (χ1v) is 5.96. The molecule has 5 nitrogen and oxygen atoms in total. The van der Waals surface area contributed by atoms with Crippen molar-refractivity contribution in [1.82, 2.24) is 4.90 Å². The van der Waals surface area contributed by atoms with Crippen LogP contribution in [0.3, 0.4) is 0 Å². The first-order valence-electron chi connectivity index (χ1n) is 5.96. The third-order valence-corrected chi connectivity index (χ3v) is 2.48. The van der Waals surface area contributed by atoms with Gasteiger partial charge in [0.15, 0.2) is 0 Å². The van der Waals surface area contributed by atoms with Crippen LogP contribution < -0.4 is 0 Å². The van der Waals surface area contributed by atoms with Crippen LogP contribution in [0.4, 0.5) is 4.79 Å². The average molecular weight is 275 g/mol. The van der Waals surface area contributed by atoms with Crippen LogP contribution in [0.15, 0.2) is 55.3 Å². The maximum Gasteiger partial charge on any atom is 0.415 e. The topological polar surface area (TPSA) is 55.8 Å². The minimum Gasteiger partial charge on any atom is -0.464 e. The molecule has 0 aromatic heterocycles. The predicted octanol–water partition coefficient (Wildman–Crippen LogP) is 2.50. The van der Waals surface area contributed by atoms with Gasteiger partial charge in [-0.3, -0.25) is 4.90 Å². The highest BCUT2D eigenvalue weighted by molar-refractivity contribution is 5.91. The number of hydrogen-bond acceptors (Lipinski definition) is 4. The fourth-order valence-electron chi connectivity index (χ4n) is 1.45. The van der Waals surface area contributed by atoms with Crippen molar-refractivity contribution < 1.29 is 19.1 Å². The van der Waals surface area contributed by atoms with Crippen LogP contribution >= 0.6 is 0 Å². The Hall–Kier alpha value is -2.56. The van der Waals surface area contributed by atoms with Gasteiger partial charge in [-0.15, -0.1) is 6.58 Å². The maximum absolute atomic E-state index is 12.0. The third kappa shape index (κ3) is 4.28. The second kappa shape index (κ2) is 7.78. The van der Waals surface area contributed by atoms with Crippen molar-refractivity contribution in [3.8, 4) is 0 Å². The number of amides is 1. The molecule has 0 spiro atoms. The summed E-state index contributed by atoms with van der Waals surface area (Å²) in [5, 5.41) is 0. The van der Waals surface area contributed by atoms with Gasteiger partial charge in [-0.25, -0.2) is 9.59 Å². The van der Waals surface area contributed by atoms with Crippen LogP contribution in [0.1, 0.15) is 5.56 Å². The van der Waals surface area contributed by atoms with Gasteiger partial charge in [0.2, 0.25) is 0 Å². The van der Waals surface area contributed by atoms with E-state index < -0.39 is 12.1 Å². The molecule has 0 unspecified atom stereocenters. The van der Waals surface area contributed by atoms with Gasteiger partial charge >= 0.3 is 12.1 Å². The summed E-state index contributed by atoms with van der Waals surface area (Å²) >= 11 is 0. The Bertz CT molecular complexity index is 496. The second-order valence-corrected chi connectivity index (χ2v) is 3.88. The molecule has 1 aromatic carbocycles. The summed E-state index contributed by atoms with van der Waals surface area (Å²) in [7, 11) is 1.22. The second-order valence-electron chi connectivity index (χ2n) is 3.88. The Morgan fingerprint density at radius 2 is 1.95 bits per heavy atom. The number of nitrogens with zero attached hydrogens (tertiary/aromatic N) is 1. The Kier molecular flexibility index (Phi) is 6.03. The summed E-state index contributed by atoms with van der Waals surface area (Å²) in [4.78, 5) is 24.4. The molecule has 0 aliphatic rings. The number of benzene rings is 1. The first-order chi connectivity index (χ1) is 9.60. The van der Waals surface area contributed by atoms with Crippen LogP contribution in [0.5, 0.6) is 0 Å². The predicted molar refractivity (Wildman–Crippen MR) is 74.7 cm³/mol. The van der Waals surface area contributed by atoms with E-state index in [1.54, 1.807) is 0 Å². The minimum absolute atomic E-state index is 0.0922. The van der Waals surface area contributed by atoms with Crippen LogP contribution in [0.25, 0.3) is 0 Å². The molecule has 0 radical (unpaired) electrons. The van der Waals surface area contributed by atoms with Gasteiger partial charge in [0.25, 0.3) is 0 Å². The van der Waals surface area contributed by atoms with Crippen molar-refractivity contribution in [3.05, 3.63) is 60.8 Å². The smallest absolute Gasteiger partial charge is 0.415 e. The summed E-state index contributed by atoms with van der Waals surface area (Å²) in [5.41, 5.74) is 0.758. The van der Waals surface area contributed by atoms with Crippen LogP contribution in [0, 0.1) is 0 Å². The zero-order chi connectivity index (χ0) is 15.0. The molecular formula is C15H17NO4. The molecule has 20 heavy (non-hydrogen) atoms. The Balaban J connectivity index is 2.67. The Morgan fingerprint density at radius 1 is 1.30 bits per heavy atom. The van der Waals surface area contributed by atoms with Gasteiger partial charge in [-0.2, -0.15) is 0 Å². The number of carbonyl (C=O) groups is 2. The minimum atomic E-state index is -0.691. The van der Waals surface area contributed by atoms with Crippen LogP contribution in [0.2, 0.25) is 0 Å². The highest BCUT2D eigenvalue weighted by Crippen LogP contribution is 2.09. The molecule has 0 heterocycles. The van der Waals surface area contributed by atoms with E-state index in [0.717, 1.165) is 10.5 Å². The normalized spacial score (nSPS) is 9.45. The molecule has 0 fully saturated rings. The fourth-order valence-corrected chi connectivity index (χ4v) is 1.45. The average Bonchev–Trinajstić information content (AvgIpc) is 2.49. The van der Waals surface area contributed by atoms with Crippen molar-refractivity contribution in [2.24, 2.45) is 0 Å². The Morgan fingerprint density at radius 3 is 2.50 bits per heavy atom. The van der Waals surface area contributed by atoms with E-state index in [9.17, 15) is 9.59 Å². The van der Waals surface area contributed by atoms with Gasteiger partial charge in [-0.05, 0) is 5.56 Å². The van der Waals surface area contributed by atoms with E-state index in [0.29, 0.717) is 0 Å². The molecular weight excluding hydrogens is 258 g/mol. The van der Waals surface area contributed by atoms with E-state index in [-0.39, 0.29) is 18.8 Å². The summed E-state index contributed by atoms with van der Waals surface area (Å²) in [6, 6.07) is 9.23. The molecule has 0 saturated carbocycles. The molecule has 0 N–H and O–H groups in total. The van der Waals surface area contributed by atoms with Crippen molar-refractivity contribution in [3.63, 3.8) is 0 Å². The molecule has 0 atom stereocenters. The molecule has 0 saturated heterocycles. The maximum atomic E-state index is 12.0. The first kappa shape index (κ1) is 15.5. The largest absolute Gasteiger partial charge is 0.464 e. The monoisotopic (exact) mass is 275 g/mol. The molecule has 1 rings (SSSR count). The van der Waals surface area contributed by atoms with Crippen molar-refractivity contribution in [1.29, 1.82) is 0 Å². The van der Waals surface area contributed by atoms with Gasteiger partial charge in [-0.1, -0.05) is 43.0 Å². The fraction of sp³-hybridized carbons (Fsp3) is 0.200. The molecule has 1 aromatic rings. The van der Waals surface area contributed by atoms with Gasteiger partial charge < -0.3 is 9.47 Å². The third-order valence-electron chi connectivity index (χ3n) is 2.48. The van der Waals surface area contributed by atoms with E-state index in [1.807, 2.05) is 30.3 Å². The number of esters is 1. The van der Waals surface area contributed by atoms with E-state index in [2.05, 4.69) is 17.9 Å². The Labute approximate surface area is 118 Å². The molecule has 5 heteroatoms. The standard InChI is InChI=1S/C15H17NO4/c1-4-10-16(12(2)14(17)19-3)15(18)20-11-13-8-6-5-7-9-13/h4-9H,1-2,10-11H2,3H3. The lowest BCUT2D eigenvalue weighted by Crippen LogP contribution is -2.34. The summed E-state index contributed by atoms with van der Waals surface area (Å²) in [6.07, 6.45) is 0.793. The van der Waals surface area contributed by atoms with E-state index in [1.165, 1.54) is 13.2 Å². The number of ether oxygens (including phenoxy) is 2. The highest BCUT2D eigenvalue weighted by atomic mass is 16.6. The number of methoxy groups -OCH3 is 1. The molecule has 106 valence electrons. The van der Waals surface area contributed by atoms with E-state index in [4.69, 9.17) is 4.74 Å². The van der Waals surface area contributed by atoms with Crippen LogP contribution in [-0.2, 0) is 20.9 Å². The van der Waals surface area contributed by atoms with Gasteiger partial charge in [0, 0.05) is 6.54 Å². The zero-order valence-corrected chi connectivity index (χ0v) is 11.4. The van der Waals surface area contributed by atoms with Gasteiger partial charge in [0.1, 0.15) is 12.3 Å². The lowest BCUT2D eigenvalue weighted by atomic mass is 10.2. The molecule has 1 amide bonds. The number of rotatable bonds is 6. The lowest BCUT2D eigenvalue weighted by Gasteiger charge is -2.21. The van der Waals surface area contributed by atoms with E-state index >= 15 is 0 Å². The molecule has 0 aliphatic heterocycles. The molecule has 0 bridgehead atoms. The van der Waals surface area contributed by atoms with Crippen LogP contribution in [-0.4, -0.2) is 30.6 Å². The summed E-state index contributed by atoms with van der Waals surface area (Å²) in [6.45, 7) is 7.27. The lowest BCUT2D eigenvalue weighted by molar-refractivity contribution is -0.137. The number of hydrogen-bond donors (Lipinski definition) is 0. The number of carbonyl (C=O) groups excluding carboxylic acids is 2. The van der Waals surface area contributed by atoms with Crippen molar-refractivity contribution in [2.45, 2.75) is 6.61 Å². The zero-order valence-electron chi connectivity index (χ0n) is 11.4. The molecule has 0 aliphatic carbocycles. The van der Waals surface area contributed by atoms with Crippen molar-refractivity contribution in [2.75, 3.05) is 13.7 Å². The summed E-state index contributed by atoms with van der Waals surface area (Å²) in [5.74, 6) is -0.691. The SMILES string of the molecule is C=CCN(C(=C)C(=O)OC)C(=O)OCc1ccccc1. The van der Waals surface area contributed by atoms with Gasteiger partial charge in [0.05, 0.1) is 7.11 Å². The quantitative estimate of drug-likeness (QED) is 0.455. The summed E-state index contributed by atoms with van der Waals surface area (Å²) < 4.78 is 9.66. The van der Waals surface area contributed by atoms with Crippen molar-refractivity contribution >= 4 is 12.1 Å².